The van der Waals surface area contributed by atoms with Crippen molar-refractivity contribution in [1.29, 1.82) is 0 Å². The number of para-hydroxylation sites is 1. The lowest BCUT2D eigenvalue weighted by molar-refractivity contribution is -0.136. The fourth-order valence-electron chi connectivity index (χ4n) is 3.53. The maximum atomic E-state index is 12.9. The van der Waals surface area contributed by atoms with Gasteiger partial charge in [-0.2, -0.15) is 0 Å². The van der Waals surface area contributed by atoms with Crippen LogP contribution >= 0.6 is 0 Å². The molecule has 6 heteroatoms. The van der Waals surface area contributed by atoms with Gasteiger partial charge in [0.05, 0.1) is 18.7 Å². The number of carbonyl (C=O) groups is 2. The lowest BCUT2D eigenvalue weighted by Crippen LogP contribution is -2.49. The third-order valence-electron chi connectivity index (χ3n) is 5.06. The standard InChI is InChI=1S/C22H27N3O3/c1-24-14-15-25(19(16-24)17-8-4-3-5-9-17)21(26)12-13-23-22(27)18-10-6-7-11-20(18)28-2/h3-11,19H,12-16H2,1-2H3,(H,23,27)/t19-/m0/s1. The van der Waals surface area contributed by atoms with E-state index in [1.165, 1.54) is 7.11 Å². The van der Waals surface area contributed by atoms with Gasteiger partial charge in [-0.15, -0.1) is 0 Å². The number of carbonyl (C=O) groups excluding carboxylic acids is 2. The summed E-state index contributed by atoms with van der Waals surface area (Å²) in [6.07, 6.45) is 0.272. The molecule has 1 fully saturated rings. The van der Waals surface area contributed by atoms with Crippen molar-refractivity contribution in [1.82, 2.24) is 15.1 Å². The monoisotopic (exact) mass is 381 g/mol. The summed E-state index contributed by atoms with van der Waals surface area (Å²) in [5.74, 6) is 0.347. The largest absolute Gasteiger partial charge is 0.496 e. The molecule has 0 saturated carbocycles. The van der Waals surface area contributed by atoms with Gasteiger partial charge in [0.1, 0.15) is 5.75 Å². The number of benzene rings is 2. The molecule has 3 rings (SSSR count). The minimum Gasteiger partial charge on any atom is -0.496 e. The molecule has 1 atom stereocenters. The molecule has 1 N–H and O–H groups in total. The van der Waals surface area contributed by atoms with Crippen LogP contribution in [0.25, 0.3) is 0 Å². The lowest BCUT2D eigenvalue weighted by Gasteiger charge is -2.40. The highest BCUT2D eigenvalue weighted by atomic mass is 16.5. The molecule has 0 aromatic heterocycles. The molecule has 2 amide bonds. The molecule has 28 heavy (non-hydrogen) atoms. The van der Waals surface area contributed by atoms with E-state index in [2.05, 4.69) is 29.4 Å². The zero-order valence-corrected chi connectivity index (χ0v) is 16.4. The van der Waals surface area contributed by atoms with Crippen molar-refractivity contribution in [3.05, 3.63) is 65.7 Å². The molecular formula is C22H27N3O3. The van der Waals surface area contributed by atoms with E-state index < -0.39 is 0 Å². The number of amides is 2. The molecule has 1 aliphatic rings. The van der Waals surface area contributed by atoms with Crippen molar-refractivity contribution >= 4 is 11.8 Å². The molecule has 0 spiro atoms. The van der Waals surface area contributed by atoms with Gasteiger partial charge in [0.25, 0.3) is 5.91 Å². The molecule has 1 saturated heterocycles. The molecular weight excluding hydrogens is 354 g/mol. The Balaban J connectivity index is 1.59. The van der Waals surface area contributed by atoms with Crippen molar-refractivity contribution in [2.75, 3.05) is 40.3 Å². The van der Waals surface area contributed by atoms with Crippen molar-refractivity contribution < 1.29 is 14.3 Å². The molecule has 1 aliphatic heterocycles. The van der Waals surface area contributed by atoms with Gasteiger partial charge >= 0.3 is 0 Å². The van der Waals surface area contributed by atoms with Crippen LogP contribution in [0.1, 0.15) is 28.4 Å². The fourth-order valence-corrected chi connectivity index (χ4v) is 3.53. The number of rotatable bonds is 6. The Kier molecular flexibility index (Phi) is 6.66. The van der Waals surface area contributed by atoms with E-state index in [-0.39, 0.29) is 24.3 Å². The summed E-state index contributed by atoms with van der Waals surface area (Å²) in [5, 5.41) is 2.83. The number of methoxy groups -OCH3 is 1. The molecule has 0 aliphatic carbocycles. The minimum absolute atomic E-state index is 0.0392. The Hall–Kier alpha value is -2.86. The maximum absolute atomic E-state index is 12.9. The van der Waals surface area contributed by atoms with E-state index in [0.29, 0.717) is 24.4 Å². The molecule has 2 aromatic carbocycles. The molecule has 2 aromatic rings. The first-order valence-corrected chi connectivity index (χ1v) is 9.54. The second kappa shape index (κ2) is 9.37. The van der Waals surface area contributed by atoms with E-state index in [0.717, 1.165) is 18.7 Å². The number of nitrogens with one attached hydrogen (secondary N) is 1. The van der Waals surface area contributed by atoms with Crippen LogP contribution < -0.4 is 10.1 Å². The SMILES string of the molecule is COc1ccccc1C(=O)NCCC(=O)N1CCN(C)C[C@H]1c1ccccc1. The summed E-state index contributed by atoms with van der Waals surface area (Å²) in [5.41, 5.74) is 1.61. The van der Waals surface area contributed by atoms with Crippen LogP contribution in [0, 0.1) is 0 Å². The van der Waals surface area contributed by atoms with Gasteiger partial charge in [0, 0.05) is 32.6 Å². The van der Waals surface area contributed by atoms with Crippen molar-refractivity contribution in [3.63, 3.8) is 0 Å². The lowest BCUT2D eigenvalue weighted by atomic mass is 10.0. The fraction of sp³-hybridized carbons (Fsp3) is 0.364. The zero-order valence-electron chi connectivity index (χ0n) is 16.4. The third-order valence-corrected chi connectivity index (χ3v) is 5.06. The van der Waals surface area contributed by atoms with Gasteiger partial charge in [-0.25, -0.2) is 0 Å². The molecule has 6 nitrogen and oxygen atoms in total. The van der Waals surface area contributed by atoms with Crippen LogP contribution in [0.3, 0.4) is 0 Å². The quantitative estimate of drug-likeness (QED) is 0.834. The van der Waals surface area contributed by atoms with Gasteiger partial charge in [0.2, 0.25) is 5.91 Å². The molecule has 0 bridgehead atoms. The average molecular weight is 381 g/mol. The number of likely N-dealkylation sites (N-methyl/N-ethyl adjacent to an activating group) is 1. The Labute approximate surface area is 166 Å². The third kappa shape index (κ3) is 4.70. The summed E-state index contributed by atoms with van der Waals surface area (Å²) < 4.78 is 5.22. The predicted octanol–water partition coefficient (Wildman–Crippen LogP) is 2.33. The maximum Gasteiger partial charge on any atom is 0.255 e. The Morgan fingerprint density at radius 3 is 2.54 bits per heavy atom. The van der Waals surface area contributed by atoms with Crippen LogP contribution in [0.5, 0.6) is 5.75 Å². The highest BCUT2D eigenvalue weighted by Gasteiger charge is 2.29. The van der Waals surface area contributed by atoms with Crippen LogP contribution in [-0.4, -0.2) is 62.0 Å². The van der Waals surface area contributed by atoms with E-state index in [1.54, 1.807) is 18.2 Å². The van der Waals surface area contributed by atoms with Crippen molar-refractivity contribution in [2.45, 2.75) is 12.5 Å². The van der Waals surface area contributed by atoms with E-state index in [1.807, 2.05) is 29.2 Å². The summed E-state index contributed by atoms with van der Waals surface area (Å²) >= 11 is 0. The topological polar surface area (TPSA) is 61.9 Å². The van der Waals surface area contributed by atoms with Gasteiger partial charge in [-0.3, -0.25) is 9.59 Å². The second-order valence-corrected chi connectivity index (χ2v) is 6.98. The normalized spacial score (nSPS) is 17.2. The summed E-state index contributed by atoms with van der Waals surface area (Å²) in [4.78, 5) is 29.4. The Morgan fingerprint density at radius 2 is 1.79 bits per heavy atom. The molecule has 1 heterocycles. The average Bonchev–Trinajstić information content (AvgIpc) is 2.74. The zero-order chi connectivity index (χ0) is 19.9. The number of hydrogen-bond acceptors (Lipinski definition) is 4. The predicted molar refractivity (Wildman–Crippen MR) is 108 cm³/mol. The van der Waals surface area contributed by atoms with Gasteiger partial charge in [0.15, 0.2) is 0 Å². The summed E-state index contributed by atoms with van der Waals surface area (Å²) in [7, 11) is 3.61. The highest BCUT2D eigenvalue weighted by Crippen LogP contribution is 2.25. The van der Waals surface area contributed by atoms with Crippen molar-refractivity contribution in [2.24, 2.45) is 0 Å². The first kappa shape index (κ1) is 19.9. The van der Waals surface area contributed by atoms with E-state index >= 15 is 0 Å². The van der Waals surface area contributed by atoms with Crippen LogP contribution in [-0.2, 0) is 4.79 Å². The summed E-state index contributed by atoms with van der Waals surface area (Å²) in [6, 6.07) is 17.2. The van der Waals surface area contributed by atoms with Gasteiger partial charge < -0.3 is 19.9 Å². The van der Waals surface area contributed by atoms with Gasteiger partial charge in [-0.05, 0) is 24.7 Å². The van der Waals surface area contributed by atoms with Crippen LogP contribution in [0.15, 0.2) is 54.6 Å². The first-order valence-electron chi connectivity index (χ1n) is 9.54. The first-order chi connectivity index (χ1) is 13.6. The molecule has 0 radical (unpaired) electrons. The van der Waals surface area contributed by atoms with Crippen molar-refractivity contribution in [3.8, 4) is 5.75 Å². The van der Waals surface area contributed by atoms with E-state index in [9.17, 15) is 9.59 Å². The second-order valence-electron chi connectivity index (χ2n) is 6.98. The smallest absolute Gasteiger partial charge is 0.255 e. The number of hydrogen-bond donors (Lipinski definition) is 1. The number of ether oxygens (including phenoxy) is 1. The number of piperazine rings is 1. The Morgan fingerprint density at radius 1 is 1.07 bits per heavy atom. The van der Waals surface area contributed by atoms with E-state index in [4.69, 9.17) is 4.74 Å². The molecule has 148 valence electrons. The minimum atomic E-state index is -0.233. The van der Waals surface area contributed by atoms with Gasteiger partial charge in [-0.1, -0.05) is 42.5 Å². The highest BCUT2D eigenvalue weighted by molar-refractivity contribution is 5.97. The van der Waals surface area contributed by atoms with Crippen LogP contribution in [0.4, 0.5) is 0 Å². The van der Waals surface area contributed by atoms with Crippen LogP contribution in [0.2, 0.25) is 0 Å². The molecule has 0 unspecified atom stereocenters. The Bertz CT molecular complexity index is 810. The summed E-state index contributed by atoms with van der Waals surface area (Å²) in [6.45, 7) is 2.64. The number of nitrogens with zero attached hydrogens (tertiary/aromatic N) is 2.